The second-order valence-corrected chi connectivity index (χ2v) is 8.82. The van der Waals surface area contributed by atoms with E-state index >= 15 is 0 Å². The van der Waals surface area contributed by atoms with Gasteiger partial charge in [-0.05, 0) is 61.2 Å². The molecule has 0 spiro atoms. The molecule has 31 heavy (non-hydrogen) atoms. The maximum Gasteiger partial charge on any atom is 0.295 e. The molecule has 0 bridgehead atoms. The second-order valence-electron chi connectivity index (χ2n) is 7.50. The van der Waals surface area contributed by atoms with Gasteiger partial charge in [-0.15, -0.1) is 11.8 Å². The van der Waals surface area contributed by atoms with Crippen molar-refractivity contribution in [2.45, 2.75) is 17.9 Å². The summed E-state index contributed by atoms with van der Waals surface area (Å²) < 4.78 is 5.97. The number of benzene rings is 3. The number of thioether (sulfide) groups is 1. The Bertz CT molecular complexity index is 1380. The van der Waals surface area contributed by atoms with Gasteiger partial charge in [0, 0.05) is 15.6 Å². The number of aryl methyl sites for hydroxylation is 1. The quantitative estimate of drug-likeness (QED) is 0.349. The van der Waals surface area contributed by atoms with Gasteiger partial charge in [-0.2, -0.15) is 0 Å². The fourth-order valence-corrected chi connectivity index (χ4v) is 4.60. The number of hydrogen-bond acceptors (Lipinski definition) is 4. The van der Waals surface area contributed by atoms with Crippen molar-refractivity contribution in [2.75, 3.05) is 11.2 Å². The first kappa shape index (κ1) is 19.9. The zero-order valence-corrected chi connectivity index (χ0v) is 18.5. The molecule has 0 radical (unpaired) electrons. The molecule has 0 aliphatic carbocycles. The Hall–Kier alpha value is -3.02. The maximum atomic E-state index is 13.6. The number of carbonyl (C=O) groups is 1. The zero-order valence-electron chi connectivity index (χ0n) is 16.9. The minimum absolute atomic E-state index is 0.0827. The summed E-state index contributed by atoms with van der Waals surface area (Å²) >= 11 is 7.77. The molecule has 1 unspecified atom stereocenters. The number of amides is 1. The van der Waals surface area contributed by atoms with Crippen LogP contribution in [0.1, 0.15) is 33.3 Å². The van der Waals surface area contributed by atoms with Gasteiger partial charge in [-0.1, -0.05) is 41.4 Å². The number of anilines is 1. The van der Waals surface area contributed by atoms with Gasteiger partial charge in [0.15, 0.2) is 5.43 Å². The van der Waals surface area contributed by atoms with Gasteiger partial charge < -0.3 is 4.42 Å². The molecule has 4 aromatic rings. The van der Waals surface area contributed by atoms with Gasteiger partial charge in [0.25, 0.3) is 5.91 Å². The van der Waals surface area contributed by atoms with Crippen LogP contribution in [0, 0.1) is 6.92 Å². The van der Waals surface area contributed by atoms with E-state index in [0.29, 0.717) is 27.2 Å². The van der Waals surface area contributed by atoms with Crippen molar-refractivity contribution in [1.82, 2.24) is 0 Å². The molecule has 2 heterocycles. The van der Waals surface area contributed by atoms with Crippen LogP contribution in [-0.2, 0) is 0 Å². The number of nitrogens with zero attached hydrogens (tertiary/aromatic N) is 1. The predicted octanol–water partition coefficient (Wildman–Crippen LogP) is 6.23. The fraction of sp³-hybridized carbons (Fsp3) is 0.120. The lowest BCUT2D eigenvalue weighted by molar-refractivity contribution is 0.0971. The van der Waals surface area contributed by atoms with Crippen molar-refractivity contribution >= 4 is 45.9 Å². The van der Waals surface area contributed by atoms with Crippen LogP contribution in [0.15, 0.2) is 80.8 Å². The van der Waals surface area contributed by atoms with E-state index in [-0.39, 0.29) is 17.1 Å². The number of halogens is 1. The minimum Gasteiger partial charge on any atom is -0.450 e. The molecule has 0 saturated carbocycles. The molecule has 0 saturated heterocycles. The van der Waals surface area contributed by atoms with Crippen LogP contribution in [0.4, 0.5) is 5.69 Å². The van der Waals surface area contributed by atoms with Gasteiger partial charge in [0.1, 0.15) is 5.58 Å². The Morgan fingerprint density at radius 3 is 2.35 bits per heavy atom. The maximum absolute atomic E-state index is 13.6. The average Bonchev–Trinajstić information content (AvgIpc) is 3.07. The average molecular weight is 448 g/mol. The molecule has 0 fully saturated rings. The molecule has 1 aliphatic heterocycles. The van der Waals surface area contributed by atoms with Gasteiger partial charge in [0.2, 0.25) is 5.76 Å². The molecule has 1 amide bonds. The molecule has 6 heteroatoms. The van der Waals surface area contributed by atoms with Gasteiger partial charge in [-0.3, -0.25) is 14.5 Å². The third-order valence-electron chi connectivity index (χ3n) is 5.58. The highest BCUT2D eigenvalue weighted by molar-refractivity contribution is 7.98. The lowest BCUT2D eigenvalue weighted by Gasteiger charge is -2.25. The first-order chi connectivity index (χ1) is 15.0. The van der Waals surface area contributed by atoms with Crippen molar-refractivity contribution in [1.29, 1.82) is 0 Å². The van der Waals surface area contributed by atoms with E-state index in [9.17, 15) is 9.59 Å². The SMILES string of the molecule is CSc1ccc(C2c3c(oc4ccc(Cl)cc4c3=O)C(=O)N2c2ccc(C)cc2)cc1. The molecular weight excluding hydrogens is 430 g/mol. The summed E-state index contributed by atoms with van der Waals surface area (Å²) in [4.78, 5) is 29.8. The monoisotopic (exact) mass is 447 g/mol. The lowest BCUT2D eigenvalue weighted by Crippen LogP contribution is -2.29. The van der Waals surface area contributed by atoms with E-state index in [1.54, 1.807) is 34.9 Å². The van der Waals surface area contributed by atoms with E-state index in [4.69, 9.17) is 16.0 Å². The third kappa shape index (κ3) is 3.25. The number of hydrogen-bond donors (Lipinski definition) is 0. The molecule has 3 aromatic carbocycles. The van der Waals surface area contributed by atoms with Crippen LogP contribution in [0.3, 0.4) is 0 Å². The minimum atomic E-state index is -0.583. The van der Waals surface area contributed by atoms with E-state index in [1.807, 2.05) is 61.7 Å². The summed E-state index contributed by atoms with van der Waals surface area (Å²) in [6.45, 7) is 1.99. The highest BCUT2D eigenvalue weighted by Crippen LogP contribution is 2.41. The van der Waals surface area contributed by atoms with E-state index in [0.717, 1.165) is 16.0 Å². The summed E-state index contributed by atoms with van der Waals surface area (Å²) in [5.74, 6) is -0.244. The van der Waals surface area contributed by atoms with Gasteiger partial charge >= 0.3 is 0 Å². The van der Waals surface area contributed by atoms with Crippen LogP contribution in [0.2, 0.25) is 5.02 Å². The zero-order chi connectivity index (χ0) is 21.7. The first-order valence-corrected chi connectivity index (χ1v) is 11.4. The van der Waals surface area contributed by atoms with Crippen LogP contribution >= 0.6 is 23.4 Å². The highest BCUT2D eigenvalue weighted by atomic mass is 35.5. The fourth-order valence-electron chi connectivity index (χ4n) is 4.02. The molecule has 154 valence electrons. The normalized spacial score (nSPS) is 15.5. The Balaban J connectivity index is 1.79. The van der Waals surface area contributed by atoms with E-state index < -0.39 is 6.04 Å². The van der Waals surface area contributed by atoms with Crippen LogP contribution < -0.4 is 10.3 Å². The topological polar surface area (TPSA) is 50.5 Å². The third-order valence-corrected chi connectivity index (χ3v) is 6.55. The number of rotatable bonds is 3. The standard InChI is InChI=1S/C25H18ClNO3S/c1-14-3-8-17(9-4-14)27-22(15-5-10-18(31-2)11-6-15)21-23(28)19-13-16(26)7-12-20(19)30-24(21)25(27)29/h3-13,22H,1-2H3. The summed E-state index contributed by atoms with van der Waals surface area (Å²) in [5, 5.41) is 0.816. The Morgan fingerprint density at radius 1 is 0.968 bits per heavy atom. The van der Waals surface area contributed by atoms with Crippen molar-refractivity contribution in [3.05, 3.63) is 104 Å². The molecule has 5 rings (SSSR count). The largest absolute Gasteiger partial charge is 0.450 e. The predicted molar refractivity (Wildman–Crippen MR) is 126 cm³/mol. The van der Waals surface area contributed by atoms with Gasteiger partial charge in [-0.25, -0.2) is 0 Å². The number of fused-ring (bicyclic) bond motifs is 2. The van der Waals surface area contributed by atoms with E-state index in [1.165, 1.54) is 0 Å². The highest BCUT2D eigenvalue weighted by Gasteiger charge is 2.43. The van der Waals surface area contributed by atoms with Crippen molar-refractivity contribution < 1.29 is 9.21 Å². The van der Waals surface area contributed by atoms with E-state index in [2.05, 4.69) is 0 Å². The van der Waals surface area contributed by atoms with Crippen LogP contribution in [0.25, 0.3) is 11.0 Å². The Morgan fingerprint density at radius 2 is 1.68 bits per heavy atom. The Kier molecular flexibility index (Phi) is 4.88. The molecule has 1 aromatic heterocycles. The summed E-state index contributed by atoms with van der Waals surface area (Å²) in [7, 11) is 0. The Labute approximate surface area is 188 Å². The lowest BCUT2D eigenvalue weighted by atomic mass is 9.98. The van der Waals surface area contributed by atoms with Crippen molar-refractivity contribution in [3.8, 4) is 0 Å². The molecular formula is C25H18ClNO3S. The molecule has 4 nitrogen and oxygen atoms in total. The summed E-state index contributed by atoms with van der Waals surface area (Å²) in [6, 6.07) is 19.9. The molecule has 1 atom stereocenters. The van der Waals surface area contributed by atoms with Crippen molar-refractivity contribution in [3.63, 3.8) is 0 Å². The van der Waals surface area contributed by atoms with Crippen LogP contribution in [-0.4, -0.2) is 12.2 Å². The van der Waals surface area contributed by atoms with Gasteiger partial charge in [0.05, 0.1) is 17.0 Å². The summed E-state index contributed by atoms with van der Waals surface area (Å²) in [5.41, 5.74) is 3.10. The number of carbonyl (C=O) groups excluding carboxylic acids is 1. The molecule has 1 aliphatic rings. The second kappa shape index (κ2) is 7.59. The summed E-state index contributed by atoms with van der Waals surface area (Å²) in [6.07, 6.45) is 2.01. The van der Waals surface area contributed by atoms with Crippen LogP contribution in [0.5, 0.6) is 0 Å². The first-order valence-electron chi connectivity index (χ1n) is 9.78. The molecule has 0 N–H and O–H groups in total. The van der Waals surface area contributed by atoms with Crippen molar-refractivity contribution in [2.24, 2.45) is 0 Å². The smallest absolute Gasteiger partial charge is 0.295 e.